The molecular weight excluding hydrogens is 216 g/mol. The summed E-state index contributed by atoms with van der Waals surface area (Å²) < 4.78 is 0. The molecule has 3 N–H and O–H groups in total. The molecule has 4 heteroatoms. The first kappa shape index (κ1) is 14.0. The Hall–Kier alpha value is -1.06. The lowest BCUT2D eigenvalue weighted by Gasteiger charge is -2.21. The van der Waals surface area contributed by atoms with Crippen LogP contribution in [0.2, 0.25) is 0 Å². The molecule has 0 bridgehead atoms. The van der Waals surface area contributed by atoms with Gasteiger partial charge in [0.15, 0.2) is 0 Å². The summed E-state index contributed by atoms with van der Waals surface area (Å²) in [4.78, 5) is 23.1. The van der Waals surface area contributed by atoms with Crippen molar-refractivity contribution in [3.05, 3.63) is 0 Å². The van der Waals surface area contributed by atoms with E-state index in [0.29, 0.717) is 12.3 Å². The van der Waals surface area contributed by atoms with Gasteiger partial charge in [0.2, 0.25) is 11.8 Å². The summed E-state index contributed by atoms with van der Waals surface area (Å²) in [7, 11) is 0. The lowest BCUT2D eigenvalue weighted by atomic mass is 9.97. The topological polar surface area (TPSA) is 72.2 Å². The maximum atomic E-state index is 11.8. The van der Waals surface area contributed by atoms with Gasteiger partial charge in [-0.05, 0) is 24.7 Å². The van der Waals surface area contributed by atoms with E-state index in [1.165, 1.54) is 12.8 Å². The van der Waals surface area contributed by atoms with E-state index >= 15 is 0 Å². The first-order chi connectivity index (χ1) is 8.04. The summed E-state index contributed by atoms with van der Waals surface area (Å²) in [6, 6.07) is -0.520. The number of nitrogens with two attached hydrogens (primary N) is 1. The molecule has 2 amide bonds. The number of amides is 2. The first-order valence-corrected chi connectivity index (χ1v) is 6.63. The highest BCUT2D eigenvalue weighted by atomic mass is 16.2. The average molecular weight is 240 g/mol. The Morgan fingerprint density at radius 1 is 1.35 bits per heavy atom. The van der Waals surface area contributed by atoms with Crippen LogP contribution in [0.15, 0.2) is 0 Å². The normalized spacial score (nSPS) is 19.9. The summed E-state index contributed by atoms with van der Waals surface area (Å²) in [6.45, 7) is 3.93. The van der Waals surface area contributed by atoms with Gasteiger partial charge in [-0.15, -0.1) is 0 Å². The van der Waals surface area contributed by atoms with Crippen molar-refractivity contribution in [2.45, 2.75) is 58.4 Å². The highest BCUT2D eigenvalue weighted by Gasteiger charge is 2.25. The van der Waals surface area contributed by atoms with Crippen molar-refractivity contribution < 1.29 is 9.59 Å². The summed E-state index contributed by atoms with van der Waals surface area (Å²) >= 11 is 0. The van der Waals surface area contributed by atoms with Crippen LogP contribution in [0.25, 0.3) is 0 Å². The third-order valence-corrected chi connectivity index (χ3v) is 3.78. The summed E-state index contributed by atoms with van der Waals surface area (Å²) in [5, 5.41) is 2.78. The van der Waals surface area contributed by atoms with E-state index in [4.69, 9.17) is 5.73 Å². The second-order valence-corrected chi connectivity index (χ2v) is 5.19. The quantitative estimate of drug-likeness (QED) is 0.740. The monoisotopic (exact) mass is 240 g/mol. The molecule has 1 saturated carbocycles. The van der Waals surface area contributed by atoms with Crippen LogP contribution in [0.5, 0.6) is 0 Å². The molecule has 0 aliphatic heterocycles. The molecule has 1 aliphatic rings. The molecule has 0 aromatic heterocycles. The first-order valence-electron chi connectivity index (χ1n) is 6.63. The van der Waals surface area contributed by atoms with Gasteiger partial charge in [-0.1, -0.05) is 33.1 Å². The van der Waals surface area contributed by atoms with Crippen molar-refractivity contribution in [2.75, 3.05) is 0 Å². The van der Waals surface area contributed by atoms with Crippen molar-refractivity contribution in [3.8, 4) is 0 Å². The molecule has 1 aliphatic carbocycles. The number of nitrogens with one attached hydrogen (secondary N) is 1. The molecule has 0 heterocycles. The highest BCUT2D eigenvalue weighted by Crippen LogP contribution is 2.27. The maximum Gasteiger partial charge on any atom is 0.240 e. The number of rotatable bonds is 6. The van der Waals surface area contributed by atoms with E-state index in [1.54, 1.807) is 0 Å². The molecule has 0 spiro atoms. The van der Waals surface area contributed by atoms with Crippen molar-refractivity contribution in [3.63, 3.8) is 0 Å². The van der Waals surface area contributed by atoms with E-state index in [0.717, 1.165) is 19.3 Å². The maximum absolute atomic E-state index is 11.8. The predicted molar refractivity (Wildman–Crippen MR) is 67.2 cm³/mol. The Morgan fingerprint density at radius 3 is 2.41 bits per heavy atom. The van der Waals surface area contributed by atoms with Gasteiger partial charge in [-0.2, -0.15) is 0 Å². The van der Waals surface area contributed by atoms with Crippen LogP contribution < -0.4 is 11.1 Å². The molecule has 0 saturated heterocycles. The zero-order chi connectivity index (χ0) is 12.8. The Bertz CT molecular complexity index is 273. The highest BCUT2D eigenvalue weighted by molar-refractivity contribution is 5.86. The standard InChI is InChI=1S/C13H24N2O2/c1-3-9(2)12(13(14)17)15-11(16)8-10-6-4-5-7-10/h9-10,12H,3-8H2,1-2H3,(H2,14,17)(H,15,16)/t9-,12-/m0/s1. The van der Waals surface area contributed by atoms with Crippen LogP contribution in [0, 0.1) is 11.8 Å². The molecule has 0 aromatic carbocycles. The van der Waals surface area contributed by atoms with Gasteiger partial charge < -0.3 is 11.1 Å². The largest absolute Gasteiger partial charge is 0.368 e. The second-order valence-electron chi connectivity index (χ2n) is 5.19. The number of hydrogen-bond acceptors (Lipinski definition) is 2. The van der Waals surface area contributed by atoms with Crippen LogP contribution in [0.1, 0.15) is 52.4 Å². The minimum Gasteiger partial charge on any atom is -0.368 e. The van der Waals surface area contributed by atoms with E-state index in [9.17, 15) is 9.59 Å². The molecule has 4 nitrogen and oxygen atoms in total. The Labute approximate surface area is 103 Å². The fourth-order valence-electron chi connectivity index (χ4n) is 2.44. The lowest BCUT2D eigenvalue weighted by Crippen LogP contribution is -2.48. The molecule has 98 valence electrons. The van der Waals surface area contributed by atoms with Gasteiger partial charge >= 0.3 is 0 Å². The van der Waals surface area contributed by atoms with Crippen LogP contribution in [-0.2, 0) is 9.59 Å². The number of hydrogen-bond donors (Lipinski definition) is 2. The molecule has 17 heavy (non-hydrogen) atoms. The van der Waals surface area contributed by atoms with Crippen LogP contribution >= 0.6 is 0 Å². The van der Waals surface area contributed by atoms with Crippen LogP contribution in [0.3, 0.4) is 0 Å². The zero-order valence-corrected chi connectivity index (χ0v) is 10.9. The van der Waals surface area contributed by atoms with Gasteiger partial charge in [0.1, 0.15) is 6.04 Å². The number of carbonyl (C=O) groups is 2. The fraction of sp³-hybridized carbons (Fsp3) is 0.846. The molecule has 2 atom stereocenters. The van der Waals surface area contributed by atoms with E-state index in [1.807, 2.05) is 13.8 Å². The number of carbonyl (C=O) groups excluding carboxylic acids is 2. The van der Waals surface area contributed by atoms with Crippen molar-refractivity contribution >= 4 is 11.8 Å². The van der Waals surface area contributed by atoms with E-state index in [2.05, 4.69) is 5.32 Å². The van der Waals surface area contributed by atoms with Gasteiger partial charge in [0.05, 0.1) is 0 Å². The fourth-order valence-corrected chi connectivity index (χ4v) is 2.44. The zero-order valence-electron chi connectivity index (χ0n) is 10.9. The molecule has 0 aromatic rings. The molecule has 0 unspecified atom stereocenters. The van der Waals surface area contributed by atoms with E-state index in [-0.39, 0.29) is 11.8 Å². The second kappa shape index (κ2) is 6.62. The summed E-state index contributed by atoms with van der Waals surface area (Å²) in [6.07, 6.45) is 6.10. The molecule has 0 radical (unpaired) electrons. The third-order valence-electron chi connectivity index (χ3n) is 3.78. The summed E-state index contributed by atoms with van der Waals surface area (Å²) in [5.74, 6) is 0.139. The molecule has 1 fully saturated rings. The SMILES string of the molecule is CC[C@H](C)[C@H](NC(=O)CC1CCCC1)C(N)=O. The van der Waals surface area contributed by atoms with Gasteiger partial charge in [0, 0.05) is 6.42 Å². The van der Waals surface area contributed by atoms with Gasteiger partial charge in [0.25, 0.3) is 0 Å². The minimum absolute atomic E-state index is 0.0269. The summed E-state index contributed by atoms with van der Waals surface area (Å²) in [5.41, 5.74) is 5.32. The van der Waals surface area contributed by atoms with Crippen molar-refractivity contribution in [1.82, 2.24) is 5.32 Å². The Balaban J connectivity index is 2.43. The smallest absolute Gasteiger partial charge is 0.240 e. The Kier molecular flexibility index (Phi) is 5.45. The lowest BCUT2D eigenvalue weighted by molar-refractivity contribution is -0.129. The Morgan fingerprint density at radius 2 is 1.94 bits per heavy atom. The molecule has 1 rings (SSSR count). The van der Waals surface area contributed by atoms with Crippen molar-refractivity contribution in [2.24, 2.45) is 17.6 Å². The van der Waals surface area contributed by atoms with E-state index < -0.39 is 11.9 Å². The van der Waals surface area contributed by atoms with Gasteiger partial charge in [-0.25, -0.2) is 0 Å². The minimum atomic E-state index is -0.520. The van der Waals surface area contributed by atoms with Gasteiger partial charge in [-0.3, -0.25) is 9.59 Å². The predicted octanol–water partition coefficient (Wildman–Crippen LogP) is 1.58. The molecular formula is C13H24N2O2. The van der Waals surface area contributed by atoms with Crippen LogP contribution in [-0.4, -0.2) is 17.9 Å². The average Bonchev–Trinajstić information content (AvgIpc) is 2.77. The number of primary amides is 1. The third kappa shape index (κ3) is 4.36. The van der Waals surface area contributed by atoms with Crippen LogP contribution in [0.4, 0.5) is 0 Å². The van der Waals surface area contributed by atoms with Crippen molar-refractivity contribution in [1.29, 1.82) is 0 Å².